The average Bonchev–Trinajstić information content (AvgIpc) is 3.11. The minimum absolute atomic E-state index is 0.853. The molecule has 1 aromatic rings. The zero-order chi connectivity index (χ0) is 35.1. The lowest BCUT2D eigenvalue weighted by Crippen LogP contribution is -2.33. The van der Waals surface area contributed by atoms with E-state index in [1.165, 1.54) is 37.1 Å². The highest BCUT2D eigenvalue weighted by Crippen LogP contribution is 2.30. The zero-order valence-electron chi connectivity index (χ0n) is 32.4. The highest BCUT2D eigenvalue weighted by Gasteiger charge is 2.14. The van der Waals surface area contributed by atoms with Crippen LogP contribution < -0.4 is 4.90 Å². The molecule has 7 nitrogen and oxygen atoms in total. The van der Waals surface area contributed by atoms with Crippen LogP contribution in [0.2, 0.25) is 0 Å². The van der Waals surface area contributed by atoms with Gasteiger partial charge in [-0.1, -0.05) is 61.5 Å². The fourth-order valence-corrected chi connectivity index (χ4v) is 6.90. The number of rotatable bonds is 27. The van der Waals surface area contributed by atoms with E-state index in [1.54, 1.807) is 0 Å². The molecule has 0 atom stereocenters. The quantitative estimate of drug-likeness (QED) is 0.0949. The van der Waals surface area contributed by atoms with Gasteiger partial charge in [-0.3, -0.25) is 4.99 Å². The Balaban J connectivity index is 2.12. The van der Waals surface area contributed by atoms with E-state index < -0.39 is 0 Å². The minimum Gasteiger partial charge on any atom is -0.372 e. The fourth-order valence-electron chi connectivity index (χ4n) is 6.64. The predicted octanol–water partition coefficient (Wildman–Crippen LogP) is 7.93. The SMILES string of the molecule is CCN(CC)CCCN(CCCN(CC)CC)C1=CCC(=Nc2ccc(N(CCCN(CC)CC)CCCN(CC)CC)cc2S)C=C1. The summed E-state index contributed by atoms with van der Waals surface area (Å²) < 4.78 is 0. The molecule has 0 aromatic heterocycles. The minimum atomic E-state index is 0.853. The van der Waals surface area contributed by atoms with Gasteiger partial charge in [0.05, 0.1) is 5.69 Å². The van der Waals surface area contributed by atoms with Crippen LogP contribution in [0.3, 0.4) is 0 Å². The van der Waals surface area contributed by atoms with Crippen LogP contribution in [0.1, 0.15) is 87.5 Å². The summed E-state index contributed by atoms with van der Waals surface area (Å²) in [4.78, 5) is 21.3. The number of hydrogen-bond acceptors (Lipinski definition) is 8. The van der Waals surface area contributed by atoms with E-state index in [-0.39, 0.29) is 0 Å². The molecule has 0 aliphatic heterocycles. The van der Waals surface area contributed by atoms with Crippen molar-refractivity contribution in [2.24, 2.45) is 4.99 Å². The second-order valence-electron chi connectivity index (χ2n) is 12.9. The molecule has 0 unspecified atom stereocenters. The Kier molecular flexibility index (Phi) is 22.2. The van der Waals surface area contributed by atoms with E-state index in [2.05, 4.69) is 121 Å². The highest BCUT2D eigenvalue weighted by molar-refractivity contribution is 7.80. The first-order valence-electron chi connectivity index (χ1n) is 19.5. The van der Waals surface area contributed by atoms with E-state index in [0.29, 0.717) is 0 Å². The van der Waals surface area contributed by atoms with E-state index >= 15 is 0 Å². The van der Waals surface area contributed by atoms with Gasteiger partial charge in [0.15, 0.2) is 0 Å². The lowest BCUT2D eigenvalue weighted by atomic mass is 10.1. The number of aliphatic imine (C=N–C) groups is 1. The first kappa shape index (κ1) is 42.3. The molecule has 0 spiro atoms. The van der Waals surface area contributed by atoms with Crippen LogP contribution >= 0.6 is 12.6 Å². The molecule has 1 aliphatic carbocycles. The summed E-state index contributed by atoms with van der Waals surface area (Å²) in [6.07, 6.45) is 12.5. The standard InChI is InChI=1S/C40H73N7S/c1-9-42(10-2)27-17-31-46(32-18-28-43(11-3)12-4)37-23-21-36(22-24-37)41-39-26-25-38(35-40(39)48)47(33-19-29-44(13-5)14-6)34-20-30-45(15-7)16-8/h21,23-26,35,48H,9-20,22,27-34H2,1-8H3. The smallest absolute Gasteiger partial charge is 0.0767 e. The first-order chi connectivity index (χ1) is 23.3. The lowest BCUT2D eigenvalue weighted by molar-refractivity contribution is 0.249. The van der Waals surface area contributed by atoms with E-state index in [4.69, 9.17) is 17.6 Å². The molecule has 0 heterocycles. The van der Waals surface area contributed by atoms with Crippen molar-refractivity contribution in [2.75, 3.05) is 110 Å². The van der Waals surface area contributed by atoms with Gasteiger partial charge in [-0.15, -0.1) is 12.6 Å². The molecular weight excluding hydrogens is 611 g/mol. The van der Waals surface area contributed by atoms with Crippen LogP contribution in [0, 0.1) is 0 Å². The molecule has 2 rings (SSSR count). The van der Waals surface area contributed by atoms with Crippen molar-refractivity contribution in [2.45, 2.75) is 92.4 Å². The second-order valence-corrected chi connectivity index (χ2v) is 13.4. The number of hydrogen-bond donors (Lipinski definition) is 1. The van der Waals surface area contributed by atoms with Crippen LogP contribution in [0.4, 0.5) is 11.4 Å². The maximum atomic E-state index is 5.09. The van der Waals surface area contributed by atoms with Crippen LogP contribution in [0.15, 0.2) is 52.0 Å². The van der Waals surface area contributed by atoms with Crippen molar-refractivity contribution in [3.8, 4) is 0 Å². The molecule has 0 bridgehead atoms. The summed E-state index contributed by atoms with van der Waals surface area (Å²) >= 11 is 4.96. The number of thiol groups is 1. The molecule has 0 saturated heterocycles. The fraction of sp³-hybridized carbons (Fsp3) is 0.725. The third kappa shape index (κ3) is 15.4. The third-order valence-corrected chi connectivity index (χ3v) is 10.5. The van der Waals surface area contributed by atoms with E-state index in [0.717, 1.165) is 127 Å². The van der Waals surface area contributed by atoms with E-state index in [9.17, 15) is 0 Å². The Hall–Kier alpha value is -1.84. The van der Waals surface area contributed by atoms with Gasteiger partial charge in [-0.05, 0) is 135 Å². The van der Waals surface area contributed by atoms with Crippen molar-refractivity contribution in [3.63, 3.8) is 0 Å². The molecule has 0 radical (unpaired) electrons. The Bertz CT molecular complexity index is 1040. The molecule has 0 fully saturated rings. The highest BCUT2D eigenvalue weighted by atomic mass is 32.1. The maximum absolute atomic E-state index is 5.09. The predicted molar refractivity (Wildman–Crippen MR) is 216 cm³/mol. The van der Waals surface area contributed by atoms with Crippen LogP contribution in [-0.4, -0.2) is 135 Å². The van der Waals surface area contributed by atoms with Crippen molar-refractivity contribution < 1.29 is 0 Å². The molecular formula is C40H73N7S. The topological polar surface area (TPSA) is 31.8 Å². The first-order valence-corrected chi connectivity index (χ1v) is 20.0. The number of benzene rings is 1. The van der Waals surface area contributed by atoms with Gasteiger partial charge in [-0.2, -0.15) is 0 Å². The summed E-state index contributed by atoms with van der Waals surface area (Å²) in [5.41, 5.74) is 4.66. The summed E-state index contributed by atoms with van der Waals surface area (Å²) in [6.45, 7) is 36.0. The van der Waals surface area contributed by atoms with Gasteiger partial charge in [0.25, 0.3) is 0 Å². The number of nitrogens with zero attached hydrogens (tertiary/aromatic N) is 7. The monoisotopic (exact) mass is 684 g/mol. The van der Waals surface area contributed by atoms with Gasteiger partial charge in [0.1, 0.15) is 0 Å². The molecule has 0 amide bonds. The van der Waals surface area contributed by atoms with Gasteiger partial charge in [0, 0.05) is 54.6 Å². The summed E-state index contributed by atoms with van der Waals surface area (Å²) in [7, 11) is 0. The second kappa shape index (κ2) is 25.2. The lowest BCUT2D eigenvalue weighted by Gasteiger charge is -2.30. The molecule has 0 saturated carbocycles. The Morgan fingerprint density at radius 2 is 0.958 bits per heavy atom. The van der Waals surface area contributed by atoms with Crippen molar-refractivity contribution in [1.29, 1.82) is 0 Å². The number of anilines is 1. The van der Waals surface area contributed by atoms with Gasteiger partial charge in [0.2, 0.25) is 0 Å². The Morgan fingerprint density at radius 3 is 1.31 bits per heavy atom. The van der Waals surface area contributed by atoms with Crippen LogP contribution in [0.5, 0.6) is 0 Å². The summed E-state index contributed by atoms with van der Waals surface area (Å²) in [5.74, 6) is 0. The molecule has 48 heavy (non-hydrogen) atoms. The molecule has 0 N–H and O–H groups in total. The maximum Gasteiger partial charge on any atom is 0.0767 e. The van der Waals surface area contributed by atoms with Crippen molar-refractivity contribution in [3.05, 3.63) is 42.1 Å². The van der Waals surface area contributed by atoms with Gasteiger partial charge < -0.3 is 29.4 Å². The molecule has 274 valence electrons. The van der Waals surface area contributed by atoms with Gasteiger partial charge >= 0.3 is 0 Å². The third-order valence-electron chi connectivity index (χ3n) is 10.1. The largest absolute Gasteiger partial charge is 0.372 e. The molecule has 8 heteroatoms. The van der Waals surface area contributed by atoms with E-state index in [1.807, 2.05) is 0 Å². The van der Waals surface area contributed by atoms with Crippen LogP contribution in [-0.2, 0) is 0 Å². The molecule has 1 aliphatic rings. The average molecular weight is 684 g/mol. The van der Waals surface area contributed by atoms with Crippen LogP contribution in [0.25, 0.3) is 0 Å². The Morgan fingerprint density at radius 1 is 0.542 bits per heavy atom. The zero-order valence-corrected chi connectivity index (χ0v) is 33.3. The van der Waals surface area contributed by atoms with Crippen molar-refractivity contribution in [1.82, 2.24) is 24.5 Å². The molecule has 1 aromatic carbocycles. The summed E-state index contributed by atoms with van der Waals surface area (Å²) in [5, 5.41) is 0. The van der Waals surface area contributed by atoms with Crippen molar-refractivity contribution >= 4 is 29.7 Å². The normalized spacial score (nSPS) is 14.3. The Labute approximate surface area is 302 Å². The number of allylic oxidation sites excluding steroid dienone is 3. The summed E-state index contributed by atoms with van der Waals surface area (Å²) in [6, 6.07) is 6.67. The van der Waals surface area contributed by atoms with Gasteiger partial charge in [-0.25, -0.2) is 0 Å².